The summed E-state index contributed by atoms with van der Waals surface area (Å²) in [5.41, 5.74) is 1.61. The van der Waals surface area contributed by atoms with Gasteiger partial charge in [0.1, 0.15) is 11.6 Å². The van der Waals surface area contributed by atoms with Gasteiger partial charge in [-0.25, -0.2) is 0 Å². The highest BCUT2D eigenvalue weighted by Gasteiger charge is 2.22. The number of piperidine rings is 1. The van der Waals surface area contributed by atoms with E-state index >= 15 is 0 Å². The fourth-order valence-corrected chi connectivity index (χ4v) is 3.08. The Morgan fingerprint density at radius 2 is 2.04 bits per heavy atom. The van der Waals surface area contributed by atoms with Gasteiger partial charge in [0.2, 0.25) is 0 Å². The Morgan fingerprint density at radius 1 is 1.23 bits per heavy atom. The van der Waals surface area contributed by atoms with Crippen LogP contribution in [0.4, 0.5) is 5.82 Å². The van der Waals surface area contributed by atoms with Gasteiger partial charge in [0, 0.05) is 19.6 Å². The molecular formula is C20H26N4O2. The van der Waals surface area contributed by atoms with Gasteiger partial charge in [-0.1, -0.05) is 19.1 Å². The smallest absolute Gasteiger partial charge is 0.274 e. The average molecular weight is 354 g/mol. The van der Waals surface area contributed by atoms with Gasteiger partial charge in [-0.3, -0.25) is 4.79 Å². The van der Waals surface area contributed by atoms with E-state index in [1.165, 1.54) is 5.56 Å². The first-order valence-electron chi connectivity index (χ1n) is 9.15. The predicted molar refractivity (Wildman–Crippen MR) is 102 cm³/mol. The predicted octanol–water partition coefficient (Wildman–Crippen LogP) is 3.01. The zero-order valence-electron chi connectivity index (χ0n) is 15.4. The van der Waals surface area contributed by atoms with Crippen LogP contribution in [0.5, 0.6) is 5.75 Å². The molecule has 3 rings (SSSR count). The van der Waals surface area contributed by atoms with E-state index in [0.29, 0.717) is 17.4 Å². The summed E-state index contributed by atoms with van der Waals surface area (Å²) in [5.74, 6) is 2.21. The summed E-state index contributed by atoms with van der Waals surface area (Å²) in [5, 5.41) is 11.5. The van der Waals surface area contributed by atoms with Crippen molar-refractivity contribution in [3.8, 4) is 5.75 Å². The second kappa shape index (κ2) is 8.65. The molecule has 0 saturated carbocycles. The molecule has 0 spiro atoms. The molecule has 0 atom stereocenters. The van der Waals surface area contributed by atoms with Gasteiger partial charge in [0.05, 0.1) is 7.11 Å². The van der Waals surface area contributed by atoms with E-state index in [9.17, 15) is 4.79 Å². The van der Waals surface area contributed by atoms with Crippen molar-refractivity contribution in [3.63, 3.8) is 0 Å². The summed E-state index contributed by atoms with van der Waals surface area (Å²) < 4.78 is 5.23. The minimum Gasteiger partial charge on any atom is -0.497 e. The Balaban J connectivity index is 1.50. The van der Waals surface area contributed by atoms with Crippen LogP contribution in [0, 0.1) is 5.92 Å². The number of rotatable bonds is 6. The maximum absolute atomic E-state index is 12.5. The maximum atomic E-state index is 12.5. The molecule has 2 aromatic rings. The number of carbonyl (C=O) groups excluding carboxylic acids is 1. The van der Waals surface area contributed by atoms with E-state index in [1.54, 1.807) is 13.2 Å². The third kappa shape index (κ3) is 4.71. The van der Waals surface area contributed by atoms with Gasteiger partial charge >= 0.3 is 0 Å². The van der Waals surface area contributed by atoms with Gasteiger partial charge in [0.25, 0.3) is 5.91 Å². The van der Waals surface area contributed by atoms with Gasteiger partial charge < -0.3 is 15.0 Å². The fraction of sp³-hybridized carbons (Fsp3) is 0.450. The Bertz CT molecular complexity index is 725. The zero-order valence-corrected chi connectivity index (χ0v) is 15.4. The number of ether oxygens (including phenoxy) is 1. The number of nitrogens with one attached hydrogen (secondary N) is 1. The zero-order chi connectivity index (χ0) is 18.4. The van der Waals surface area contributed by atoms with Crippen LogP contribution in [0.25, 0.3) is 0 Å². The summed E-state index contributed by atoms with van der Waals surface area (Å²) in [6.07, 6.45) is 2.97. The largest absolute Gasteiger partial charge is 0.497 e. The van der Waals surface area contributed by atoms with E-state index in [4.69, 9.17) is 4.74 Å². The van der Waals surface area contributed by atoms with Crippen LogP contribution in [0.2, 0.25) is 0 Å². The molecule has 1 aromatic heterocycles. The quantitative estimate of drug-likeness (QED) is 0.864. The Labute approximate surface area is 154 Å². The van der Waals surface area contributed by atoms with Gasteiger partial charge in [-0.2, -0.15) is 0 Å². The lowest BCUT2D eigenvalue weighted by Gasteiger charge is -2.29. The van der Waals surface area contributed by atoms with Crippen molar-refractivity contribution >= 4 is 11.7 Å². The topological polar surface area (TPSA) is 67.3 Å². The van der Waals surface area contributed by atoms with Gasteiger partial charge in [-0.15, -0.1) is 10.2 Å². The summed E-state index contributed by atoms with van der Waals surface area (Å²) in [6.45, 7) is 4.58. The van der Waals surface area contributed by atoms with Crippen LogP contribution in [0.1, 0.15) is 35.8 Å². The third-order valence-electron chi connectivity index (χ3n) is 4.81. The highest BCUT2D eigenvalue weighted by Crippen LogP contribution is 2.18. The lowest BCUT2D eigenvalue weighted by molar-refractivity contribution is 0.0690. The molecular weight excluding hydrogens is 328 g/mol. The molecule has 1 amide bonds. The van der Waals surface area contributed by atoms with Crippen molar-refractivity contribution in [2.45, 2.75) is 26.2 Å². The van der Waals surface area contributed by atoms with Crippen molar-refractivity contribution in [1.82, 2.24) is 15.1 Å². The molecule has 1 aromatic carbocycles. The normalized spacial score (nSPS) is 14.9. The molecule has 6 nitrogen and oxygen atoms in total. The summed E-state index contributed by atoms with van der Waals surface area (Å²) >= 11 is 0. The van der Waals surface area contributed by atoms with Crippen LogP contribution in [0.15, 0.2) is 36.4 Å². The second-order valence-electron chi connectivity index (χ2n) is 6.81. The molecule has 0 aliphatic carbocycles. The van der Waals surface area contributed by atoms with Crippen LogP contribution >= 0.6 is 0 Å². The number of benzene rings is 1. The van der Waals surface area contributed by atoms with E-state index in [0.717, 1.165) is 44.6 Å². The Morgan fingerprint density at radius 3 is 2.73 bits per heavy atom. The van der Waals surface area contributed by atoms with E-state index < -0.39 is 0 Å². The molecule has 1 fully saturated rings. The van der Waals surface area contributed by atoms with E-state index in [1.807, 2.05) is 29.2 Å². The SMILES string of the molecule is COc1cccc(CCNc2ccc(C(=O)N3CCC(C)CC3)nn2)c1. The average Bonchev–Trinajstić information content (AvgIpc) is 2.69. The molecule has 1 aliphatic heterocycles. The number of carbonyl (C=O) groups is 1. The highest BCUT2D eigenvalue weighted by molar-refractivity contribution is 5.92. The summed E-state index contributed by atoms with van der Waals surface area (Å²) in [6, 6.07) is 11.6. The number of nitrogens with zero attached hydrogens (tertiary/aromatic N) is 3. The number of likely N-dealkylation sites (tertiary alicyclic amines) is 1. The van der Waals surface area contributed by atoms with Crippen LogP contribution in [0.3, 0.4) is 0 Å². The number of anilines is 1. The lowest BCUT2D eigenvalue weighted by atomic mass is 9.99. The molecule has 0 unspecified atom stereocenters. The van der Waals surface area contributed by atoms with Crippen molar-refractivity contribution in [2.75, 3.05) is 32.1 Å². The molecule has 0 bridgehead atoms. The lowest BCUT2D eigenvalue weighted by Crippen LogP contribution is -2.38. The molecule has 1 N–H and O–H groups in total. The number of hydrogen-bond donors (Lipinski definition) is 1. The minimum atomic E-state index is -0.0210. The van der Waals surface area contributed by atoms with E-state index in [2.05, 4.69) is 28.5 Å². The summed E-state index contributed by atoms with van der Waals surface area (Å²) in [7, 11) is 1.67. The first kappa shape index (κ1) is 18.2. The molecule has 1 aliphatic rings. The van der Waals surface area contributed by atoms with Crippen LogP contribution in [-0.2, 0) is 6.42 Å². The maximum Gasteiger partial charge on any atom is 0.274 e. The summed E-state index contributed by atoms with van der Waals surface area (Å²) in [4.78, 5) is 14.3. The Kier molecular flexibility index (Phi) is 6.04. The number of methoxy groups -OCH3 is 1. The van der Waals surface area contributed by atoms with Crippen molar-refractivity contribution in [1.29, 1.82) is 0 Å². The minimum absolute atomic E-state index is 0.0210. The van der Waals surface area contributed by atoms with Crippen LogP contribution in [-0.4, -0.2) is 47.7 Å². The fourth-order valence-electron chi connectivity index (χ4n) is 3.08. The first-order chi connectivity index (χ1) is 12.7. The third-order valence-corrected chi connectivity index (χ3v) is 4.81. The first-order valence-corrected chi connectivity index (χ1v) is 9.15. The molecule has 2 heterocycles. The van der Waals surface area contributed by atoms with Gasteiger partial charge in [0.15, 0.2) is 5.69 Å². The van der Waals surface area contributed by atoms with Gasteiger partial charge in [-0.05, 0) is 55.0 Å². The van der Waals surface area contributed by atoms with Crippen molar-refractivity contribution < 1.29 is 9.53 Å². The molecule has 0 radical (unpaired) electrons. The molecule has 138 valence electrons. The second-order valence-corrected chi connectivity index (χ2v) is 6.81. The number of amides is 1. The number of aromatic nitrogens is 2. The standard InChI is InChI=1S/C20H26N4O2/c1-15-9-12-24(13-10-15)20(25)18-6-7-19(23-22-18)21-11-8-16-4-3-5-17(14-16)26-2/h3-7,14-15H,8-13H2,1-2H3,(H,21,23). The van der Waals surface area contributed by atoms with E-state index in [-0.39, 0.29) is 5.91 Å². The Hall–Kier alpha value is -2.63. The van der Waals surface area contributed by atoms with Crippen molar-refractivity contribution in [3.05, 3.63) is 47.7 Å². The van der Waals surface area contributed by atoms with Crippen molar-refractivity contribution in [2.24, 2.45) is 5.92 Å². The number of hydrogen-bond acceptors (Lipinski definition) is 5. The van der Waals surface area contributed by atoms with Crippen LogP contribution < -0.4 is 10.1 Å². The molecule has 26 heavy (non-hydrogen) atoms. The highest BCUT2D eigenvalue weighted by atomic mass is 16.5. The monoisotopic (exact) mass is 354 g/mol. The molecule has 1 saturated heterocycles. The molecule has 6 heteroatoms.